The first kappa shape index (κ1) is 12.4. The van der Waals surface area contributed by atoms with Crippen molar-refractivity contribution >= 4 is 15.5 Å². The average molecular weight is 254 g/mol. The zero-order valence-corrected chi connectivity index (χ0v) is 11.0. The van der Waals surface area contributed by atoms with Crippen molar-refractivity contribution in [3.63, 3.8) is 0 Å². The molecule has 0 amide bonds. The number of nitrogens with one attached hydrogen (secondary N) is 1. The van der Waals surface area contributed by atoms with E-state index >= 15 is 0 Å². The highest BCUT2D eigenvalue weighted by Crippen LogP contribution is 2.28. The van der Waals surface area contributed by atoms with Gasteiger partial charge in [-0.25, -0.2) is 8.42 Å². The molecule has 0 aromatic carbocycles. The number of pyridine rings is 1. The van der Waals surface area contributed by atoms with Crippen molar-refractivity contribution in [2.75, 3.05) is 11.6 Å². The summed E-state index contributed by atoms with van der Waals surface area (Å²) in [5.74, 6) is 0. The smallest absolute Gasteiger partial charge is 0.152 e. The second kappa shape index (κ2) is 4.64. The fraction of sp³-hybridized carbons (Fsp3) is 0.583. The molecule has 5 heteroatoms. The van der Waals surface area contributed by atoms with Crippen LogP contribution in [-0.2, 0) is 9.84 Å². The lowest BCUT2D eigenvalue weighted by Crippen LogP contribution is -2.34. The lowest BCUT2D eigenvalue weighted by atomic mass is 10.2. The second-order valence-electron chi connectivity index (χ2n) is 4.74. The highest BCUT2D eigenvalue weighted by atomic mass is 32.2. The third-order valence-corrected chi connectivity index (χ3v) is 5.05. The van der Waals surface area contributed by atoms with Gasteiger partial charge in [0.25, 0.3) is 0 Å². The van der Waals surface area contributed by atoms with Crippen LogP contribution in [0.5, 0.6) is 0 Å². The predicted molar refractivity (Wildman–Crippen MR) is 68.9 cm³/mol. The van der Waals surface area contributed by atoms with E-state index in [4.69, 9.17) is 0 Å². The van der Waals surface area contributed by atoms with Crippen molar-refractivity contribution < 1.29 is 8.42 Å². The Labute approximate surface area is 102 Å². The van der Waals surface area contributed by atoms with Gasteiger partial charge >= 0.3 is 0 Å². The Balaban J connectivity index is 2.17. The number of rotatable bonds is 3. The molecule has 1 saturated carbocycles. The van der Waals surface area contributed by atoms with Crippen LogP contribution in [0.1, 0.15) is 24.8 Å². The van der Waals surface area contributed by atoms with Crippen LogP contribution in [0.3, 0.4) is 0 Å². The molecule has 1 aliphatic carbocycles. The second-order valence-corrected chi connectivity index (χ2v) is 7.00. The summed E-state index contributed by atoms with van der Waals surface area (Å²) in [4.78, 5) is 4.06. The van der Waals surface area contributed by atoms with E-state index in [0.29, 0.717) is 0 Å². The minimum atomic E-state index is -2.97. The molecule has 17 heavy (non-hydrogen) atoms. The molecule has 0 radical (unpaired) electrons. The topological polar surface area (TPSA) is 59.1 Å². The van der Waals surface area contributed by atoms with Crippen LogP contribution in [-0.4, -0.2) is 30.9 Å². The third kappa shape index (κ3) is 2.77. The number of aryl methyl sites for hydroxylation is 1. The Kier molecular flexibility index (Phi) is 3.38. The summed E-state index contributed by atoms with van der Waals surface area (Å²) in [6.45, 7) is 1.99. The number of sulfone groups is 1. The average Bonchev–Trinajstić information content (AvgIpc) is 2.69. The van der Waals surface area contributed by atoms with Gasteiger partial charge in [-0.05, 0) is 37.8 Å². The maximum absolute atomic E-state index is 11.7. The Morgan fingerprint density at radius 1 is 1.41 bits per heavy atom. The third-order valence-electron chi connectivity index (χ3n) is 3.38. The van der Waals surface area contributed by atoms with Gasteiger partial charge in [0.1, 0.15) is 0 Å². The Bertz CT molecular complexity index is 499. The first-order valence-corrected chi connectivity index (χ1v) is 7.80. The summed E-state index contributed by atoms with van der Waals surface area (Å²) in [6.07, 6.45) is 7.46. The summed E-state index contributed by atoms with van der Waals surface area (Å²) < 4.78 is 23.3. The van der Waals surface area contributed by atoms with Gasteiger partial charge in [0.2, 0.25) is 0 Å². The molecule has 1 N–H and O–H groups in total. The highest BCUT2D eigenvalue weighted by molar-refractivity contribution is 7.91. The summed E-state index contributed by atoms with van der Waals surface area (Å²) >= 11 is 0. The standard InChI is InChI=1S/C12H18N2O2S/c1-9-6-7-13-8-11(9)14-10-4-3-5-12(10)17(2,15)16/h6-8,10,12,14H,3-5H2,1-2H3. The Morgan fingerprint density at radius 3 is 2.82 bits per heavy atom. The number of aromatic nitrogens is 1. The zero-order chi connectivity index (χ0) is 12.5. The molecule has 0 bridgehead atoms. The zero-order valence-electron chi connectivity index (χ0n) is 10.2. The SMILES string of the molecule is Cc1ccncc1NC1CCCC1S(C)(=O)=O. The largest absolute Gasteiger partial charge is 0.380 e. The molecule has 1 heterocycles. The molecular formula is C12H18N2O2S. The fourth-order valence-corrected chi connectivity index (χ4v) is 3.81. The monoisotopic (exact) mass is 254 g/mol. The van der Waals surface area contributed by atoms with Crippen LogP contribution < -0.4 is 5.32 Å². The number of hydrogen-bond acceptors (Lipinski definition) is 4. The molecule has 1 aromatic rings. The van der Waals surface area contributed by atoms with Gasteiger partial charge in [-0.2, -0.15) is 0 Å². The van der Waals surface area contributed by atoms with E-state index < -0.39 is 9.84 Å². The van der Waals surface area contributed by atoms with Crippen LogP contribution in [0.15, 0.2) is 18.5 Å². The summed E-state index contributed by atoms with van der Waals surface area (Å²) in [6, 6.07) is 1.94. The van der Waals surface area contributed by atoms with Crippen molar-refractivity contribution in [3.05, 3.63) is 24.0 Å². The van der Waals surface area contributed by atoms with Crippen LogP contribution in [0.4, 0.5) is 5.69 Å². The van der Waals surface area contributed by atoms with Crippen molar-refractivity contribution in [1.29, 1.82) is 0 Å². The van der Waals surface area contributed by atoms with Crippen LogP contribution in [0, 0.1) is 6.92 Å². The molecule has 1 aromatic heterocycles. The van der Waals surface area contributed by atoms with E-state index in [0.717, 1.165) is 30.5 Å². The van der Waals surface area contributed by atoms with Crippen LogP contribution in [0.25, 0.3) is 0 Å². The normalized spacial score (nSPS) is 24.8. The fourth-order valence-electron chi connectivity index (χ4n) is 2.42. The maximum atomic E-state index is 11.7. The van der Waals surface area contributed by atoms with E-state index in [-0.39, 0.29) is 11.3 Å². The van der Waals surface area contributed by atoms with Gasteiger partial charge in [0.05, 0.1) is 17.1 Å². The van der Waals surface area contributed by atoms with Gasteiger partial charge in [-0.3, -0.25) is 4.98 Å². The van der Waals surface area contributed by atoms with Gasteiger partial charge in [-0.15, -0.1) is 0 Å². The summed E-state index contributed by atoms with van der Waals surface area (Å²) in [5.41, 5.74) is 2.03. The van der Waals surface area contributed by atoms with Crippen LogP contribution in [0.2, 0.25) is 0 Å². The van der Waals surface area contributed by atoms with Crippen molar-refractivity contribution in [2.45, 2.75) is 37.5 Å². The molecule has 1 fully saturated rings. The summed E-state index contributed by atoms with van der Waals surface area (Å²) in [7, 11) is -2.97. The van der Waals surface area contributed by atoms with Crippen molar-refractivity contribution in [1.82, 2.24) is 4.98 Å². The summed E-state index contributed by atoms with van der Waals surface area (Å²) in [5, 5.41) is 3.06. The predicted octanol–water partition coefficient (Wildman–Crippen LogP) is 1.77. The minimum absolute atomic E-state index is 0.0212. The van der Waals surface area contributed by atoms with E-state index in [1.165, 1.54) is 6.26 Å². The Morgan fingerprint density at radius 2 is 2.18 bits per heavy atom. The van der Waals surface area contributed by atoms with E-state index in [9.17, 15) is 8.42 Å². The first-order chi connectivity index (χ1) is 7.98. The first-order valence-electron chi connectivity index (χ1n) is 5.84. The molecular weight excluding hydrogens is 236 g/mol. The molecule has 0 spiro atoms. The molecule has 4 nitrogen and oxygen atoms in total. The van der Waals surface area contributed by atoms with Gasteiger partial charge < -0.3 is 5.32 Å². The molecule has 0 aliphatic heterocycles. The number of nitrogens with zero attached hydrogens (tertiary/aromatic N) is 1. The van der Waals surface area contributed by atoms with Gasteiger partial charge in [0.15, 0.2) is 9.84 Å². The van der Waals surface area contributed by atoms with E-state index in [1.807, 2.05) is 13.0 Å². The number of hydrogen-bond donors (Lipinski definition) is 1. The lowest BCUT2D eigenvalue weighted by Gasteiger charge is -2.21. The highest BCUT2D eigenvalue weighted by Gasteiger charge is 2.34. The minimum Gasteiger partial charge on any atom is -0.380 e. The van der Waals surface area contributed by atoms with Crippen molar-refractivity contribution in [3.8, 4) is 0 Å². The number of anilines is 1. The van der Waals surface area contributed by atoms with E-state index in [1.54, 1.807) is 12.4 Å². The van der Waals surface area contributed by atoms with E-state index in [2.05, 4.69) is 10.3 Å². The van der Waals surface area contributed by atoms with Crippen LogP contribution >= 0.6 is 0 Å². The molecule has 2 atom stereocenters. The lowest BCUT2D eigenvalue weighted by molar-refractivity contribution is 0.579. The van der Waals surface area contributed by atoms with Gasteiger partial charge in [0, 0.05) is 18.5 Å². The molecule has 2 unspecified atom stereocenters. The molecule has 94 valence electrons. The molecule has 2 rings (SSSR count). The van der Waals surface area contributed by atoms with Crippen molar-refractivity contribution in [2.24, 2.45) is 0 Å². The Hall–Kier alpha value is -1.10. The quantitative estimate of drug-likeness (QED) is 0.893. The molecule has 1 aliphatic rings. The molecule has 0 saturated heterocycles. The maximum Gasteiger partial charge on any atom is 0.152 e. The van der Waals surface area contributed by atoms with Gasteiger partial charge in [-0.1, -0.05) is 0 Å².